The van der Waals surface area contributed by atoms with Crippen molar-refractivity contribution < 1.29 is 13.9 Å². The molecule has 0 aliphatic rings. The summed E-state index contributed by atoms with van der Waals surface area (Å²) in [4.78, 5) is 10.7. The molecule has 0 aromatic heterocycles. The van der Waals surface area contributed by atoms with Gasteiger partial charge >= 0.3 is 0 Å². The van der Waals surface area contributed by atoms with E-state index >= 15 is 0 Å². The van der Waals surface area contributed by atoms with Gasteiger partial charge in [-0.3, -0.25) is 4.79 Å². The largest absolute Gasteiger partial charge is 0.479 e. The second-order valence-electron chi connectivity index (χ2n) is 2.74. The summed E-state index contributed by atoms with van der Waals surface area (Å²) < 4.78 is 17.7. The number of primary amides is 1. The minimum Gasteiger partial charge on any atom is -0.479 e. The molecular weight excluding hydrogens is 209 g/mol. The molecule has 76 valence electrons. The molecule has 1 rings (SSSR count). The fourth-order valence-corrected chi connectivity index (χ4v) is 1.03. The highest BCUT2D eigenvalue weighted by Crippen LogP contribution is 2.25. The van der Waals surface area contributed by atoms with Crippen LogP contribution < -0.4 is 10.5 Å². The van der Waals surface area contributed by atoms with E-state index in [0.29, 0.717) is 0 Å². The fraction of sp³-hybridized carbons (Fsp3) is 0.222. The molecule has 0 aliphatic heterocycles. The monoisotopic (exact) mass is 217 g/mol. The first kappa shape index (κ1) is 10.8. The van der Waals surface area contributed by atoms with Crippen LogP contribution in [0, 0.1) is 5.82 Å². The van der Waals surface area contributed by atoms with Crippen molar-refractivity contribution in [2.45, 2.75) is 13.0 Å². The molecule has 0 spiro atoms. The van der Waals surface area contributed by atoms with E-state index in [0.717, 1.165) is 6.07 Å². The Labute approximate surface area is 85.6 Å². The zero-order chi connectivity index (χ0) is 10.7. The zero-order valence-electron chi connectivity index (χ0n) is 7.46. The third-order valence-electron chi connectivity index (χ3n) is 1.60. The molecule has 1 amide bonds. The molecule has 14 heavy (non-hydrogen) atoms. The van der Waals surface area contributed by atoms with Crippen LogP contribution >= 0.6 is 11.6 Å². The van der Waals surface area contributed by atoms with E-state index in [4.69, 9.17) is 22.1 Å². The van der Waals surface area contributed by atoms with Crippen LogP contribution in [-0.2, 0) is 4.79 Å². The topological polar surface area (TPSA) is 52.3 Å². The van der Waals surface area contributed by atoms with Gasteiger partial charge in [0.25, 0.3) is 5.91 Å². The molecule has 0 aliphatic carbocycles. The van der Waals surface area contributed by atoms with Gasteiger partial charge in [0.1, 0.15) is 11.6 Å². The maximum atomic E-state index is 12.6. The summed E-state index contributed by atoms with van der Waals surface area (Å²) in [7, 11) is 0. The van der Waals surface area contributed by atoms with Gasteiger partial charge in [0, 0.05) is 0 Å². The fourth-order valence-electron chi connectivity index (χ4n) is 0.819. The standard InChI is InChI=1S/C9H9ClFNO2/c1-5(9(12)13)14-8-3-2-6(11)4-7(8)10/h2-5H,1H3,(H2,12,13)/t5-/m1/s1. The Bertz CT molecular complexity index is 357. The minimum absolute atomic E-state index is 0.109. The average molecular weight is 218 g/mol. The van der Waals surface area contributed by atoms with E-state index in [1.165, 1.54) is 19.1 Å². The van der Waals surface area contributed by atoms with Crippen molar-refractivity contribution in [3.05, 3.63) is 29.0 Å². The maximum Gasteiger partial charge on any atom is 0.258 e. The van der Waals surface area contributed by atoms with Crippen LogP contribution in [0.1, 0.15) is 6.92 Å². The van der Waals surface area contributed by atoms with Gasteiger partial charge in [0.05, 0.1) is 5.02 Å². The van der Waals surface area contributed by atoms with Gasteiger partial charge < -0.3 is 10.5 Å². The first-order valence-corrected chi connectivity index (χ1v) is 4.29. The number of carbonyl (C=O) groups excluding carboxylic acids is 1. The van der Waals surface area contributed by atoms with Crippen LogP contribution in [0.4, 0.5) is 4.39 Å². The van der Waals surface area contributed by atoms with Gasteiger partial charge in [0.15, 0.2) is 6.10 Å². The van der Waals surface area contributed by atoms with Crippen LogP contribution in [0.15, 0.2) is 18.2 Å². The Morgan fingerprint density at radius 2 is 2.29 bits per heavy atom. The Morgan fingerprint density at radius 3 is 2.79 bits per heavy atom. The second-order valence-corrected chi connectivity index (χ2v) is 3.14. The first-order chi connectivity index (χ1) is 6.50. The van der Waals surface area contributed by atoms with E-state index in [1.54, 1.807) is 0 Å². The lowest BCUT2D eigenvalue weighted by Crippen LogP contribution is -2.30. The van der Waals surface area contributed by atoms with Crippen LogP contribution in [0.5, 0.6) is 5.75 Å². The molecule has 0 unspecified atom stereocenters. The lowest BCUT2D eigenvalue weighted by Gasteiger charge is -2.12. The number of ether oxygens (including phenoxy) is 1. The summed E-state index contributed by atoms with van der Waals surface area (Å²) >= 11 is 5.66. The van der Waals surface area contributed by atoms with Crippen LogP contribution in [0.25, 0.3) is 0 Å². The number of rotatable bonds is 3. The van der Waals surface area contributed by atoms with Gasteiger partial charge in [-0.25, -0.2) is 4.39 Å². The molecule has 3 nitrogen and oxygen atoms in total. The van der Waals surface area contributed by atoms with Crippen molar-refractivity contribution in [2.75, 3.05) is 0 Å². The van der Waals surface area contributed by atoms with Crippen LogP contribution in [0.2, 0.25) is 5.02 Å². The number of carbonyl (C=O) groups is 1. The number of hydrogen-bond donors (Lipinski definition) is 1. The molecule has 1 atom stereocenters. The average Bonchev–Trinajstić information content (AvgIpc) is 2.09. The molecular formula is C9H9ClFNO2. The molecule has 0 bridgehead atoms. The van der Waals surface area contributed by atoms with Crippen LogP contribution in [0.3, 0.4) is 0 Å². The van der Waals surface area contributed by atoms with Crippen molar-refractivity contribution in [3.8, 4) is 5.75 Å². The summed E-state index contributed by atoms with van der Waals surface area (Å²) in [6.45, 7) is 1.49. The molecule has 0 saturated carbocycles. The van der Waals surface area contributed by atoms with E-state index < -0.39 is 17.8 Å². The van der Waals surface area contributed by atoms with Crippen molar-refractivity contribution in [1.82, 2.24) is 0 Å². The highest BCUT2D eigenvalue weighted by atomic mass is 35.5. The quantitative estimate of drug-likeness (QED) is 0.839. The number of nitrogens with two attached hydrogens (primary N) is 1. The minimum atomic E-state index is -0.794. The summed E-state index contributed by atoms with van der Waals surface area (Å²) in [6.07, 6.45) is -0.794. The lowest BCUT2D eigenvalue weighted by molar-refractivity contribution is -0.123. The van der Waals surface area contributed by atoms with Gasteiger partial charge in [-0.1, -0.05) is 11.6 Å². The van der Waals surface area contributed by atoms with Gasteiger partial charge in [0.2, 0.25) is 0 Å². The number of hydrogen-bond acceptors (Lipinski definition) is 2. The van der Waals surface area contributed by atoms with Crippen molar-refractivity contribution in [2.24, 2.45) is 5.73 Å². The van der Waals surface area contributed by atoms with E-state index in [2.05, 4.69) is 0 Å². The van der Waals surface area contributed by atoms with E-state index in [1.807, 2.05) is 0 Å². The SMILES string of the molecule is C[C@@H](Oc1ccc(F)cc1Cl)C(N)=O. The smallest absolute Gasteiger partial charge is 0.258 e. The predicted molar refractivity (Wildman–Crippen MR) is 50.7 cm³/mol. The third kappa shape index (κ3) is 2.60. The lowest BCUT2D eigenvalue weighted by atomic mass is 10.3. The maximum absolute atomic E-state index is 12.6. The Balaban J connectivity index is 2.82. The molecule has 1 aromatic carbocycles. The van der Waals surface area contributed by atoms with E-state index in [-0.39, 0.29) is 10.8 Å². The molecule has 0 saturated heterocycles. The Hall–Kier alpha value is -1.29. The van der Waals surface area contributed by atoms with Crippen molar-refractivity contribution in [1.29, 1.82) is 0 Å². The Morgan fingerprint density at radius 1 is 1.64 bits per heavy atom. The summed E-state index contributed by atoms with van der Waals surface area (Å²) in [5, 5.41) is 0.109. The second kappa shape index (κ2) is 4.28. The first-order valence-electron chi connectivity index (χ1n) is 3.91. The molecule has 1 aromatic rings. The van der Waals surface area contributed by atoms with Crippen LogP contribution in [-0.4, -0.2) is 12.0 Å². The molecule has 0 fully saturated rings. The highest BCUT2D eigenvalue weighted by Gasteiger charge is 2.12. The zero-order valence-corrected chi connectivity index (χ0v) is 8.22. The third-order valence-corrected chi connectivity index (χ3v) is 1.89. The van der Waals surface area contributed by atoms with Crippen molar-refractivity contribution in [3.63, 3.8) is 0 Å². The van der Waals surface area contributed by atoms with E-state index in [9.17, 15) is 9.18 Å². The van der Waals surface area contributed by atoms with Gasteiger partial charge in [-0.15, -0.1) is 0 Å². The Kier molecular flexibility index (Phi) is 3.30. The highest BCUT2D eigenvalue weighted by molar-refractivity contribution is 6.32. The normalized spacial score (nSPS) is 12.2. The van der Waals surface area contributed by atoms with Gasteiger partial charge in [-0.05, 0) is 25.1 Å². The number of benzene rings is 1. The summed E-state index contributed by atoms with van der Waals surface area (Å²) in [5.74, 6) is -0.834. The van der Waals surface area contributed by atoms with Crippen molar-refractivity contribution >= 4 is 17.5 Å². The number of amides is 1. The predicted octanol–water partition coefficient (Wildman–Crippen LogP) is 1.73. The summed E-state index contributed by atoms with van der Waals surface area (Å²) in [6, 6.07) is 3.64. The molecule has 0 radical (unpaired) electrons. The molecule has 2 N–H and O–H groups in total. The van der Waals surface area contributed by atoms with Gasteiger partial charge in [-0.2, -0.15) is 0 Å². The summed E-state index contributed by atoms with van der Waals surface area (Å²) in [5.41, 5.74) is 4.98. The molecule has 0 heterocycles. The number of halogens is 2. The molecule has 5 heteroatoms.